The zero-order valence-electron chi connectivity index (χ0n) is 12.7. The molecule has 1 saturated carbocycles. The van der Waals surface area contributed by atoms with Gasteiger partial charge in [0.2, 0.25) is 0 Å². The zero-order chi connectivity index (χ0) is 15.7. The summed E-state index contributed by atoms with van der Waals surface area (Å²) in [5.41, 5.74) is 1.79. The van der Waals surface area contributed by atoms with Crippen LogP contribution in [0.2, 0.25) is 0 Å². The predicted octanol–water partition coefficient (Wildman–Crippen LogP) is 3.51. The van der Waals surface area contributed by atoms with Gasteiger partial charge in [-0.2, -0.15) is 5.26 Å². The van der Waals surface area contributed by atoms with E-state index in [-0.39, 0.29) is 23.3 Å². The second-order valence-electron chi connectivity index (χ2n) is 5.84. The Hall–Kier alpha value is -2.54. The lowest BCUT2D eigenvalue weighted by Crippen LogP contribution is -2.23. The Bertz CT molecular complexity index is 795. The van der Waals surface area contributed by atoms with E-state index in [1.165, 1.54) is 0 Å². The number of rotatable bonds is 4. The molecule has 0 amide bonds. The van der Waals surface area contributed by atoms with Crippen LogP contribution in [0.25, 0.3) is 11.3 Å². The van der Waals surface area contributed by atoms with Crippen LogP contribution in [0.15, 0.2) is 41.2 Å². The third-order valence-corrected chi connectivity index (χ3v) is 3.65. The molecule has 0 unspecified atom stereocenters. The first kappa shape index (κ1) is 14.4. The van der Waals surface area contributed by atoms with Crippen molar-refractivity contribution >= 4 is 0 Å². The van der Waals surface area contributed by atoms with Crippen LogP contribution in [0.4, 0.5) is 0 Å². The molecule has 1 aromatic heterocycles. The van der Waals surface area contributed by atoms with Crippen LogP contribution in [0.5, 0.6) is 5.75 Å². The van der Waals surface area contributed by atoms with Gasteiger partial charge in [0.1, 0.15) is 17.4 Å². The van der Waals surface area contributed by atoms with Gasteiger partial charge in [0, 0.05) is 11.6 Å². The van der Waals surface area contributed by atoms with Crippen molar-refractivity contribution in [2.75, 3.05) is 0 Å². The maximum absolute atomic E-state index is 12.4. The van der Waals surface area contributed by atoms with Crippen molar-refractivity contribution < 1.29 is 4.74 Å². The molecule has 0 radical (unpaired) electrons. The number of nitrogens with zero attached hydrogens (tertiary/aromatic N) is 2. The number of nitriles is 1. The minimum absolute atomic E-state index is 0.0989. The molecule has 3 rings (SSSR count). The summed E-state index contributed by atoms with van der Waals surface area (Å²) in [7, 11) is 0. The standard InChI is InChI=1S/C18H18N2O2/c1-12(2)22-16-5-3-4-13(10-16)17-9-6-14(11-19)18(21)20(17)15-7-8-15/h3-6,9-10,12,15H,7-8H2,1-2H3. The Kier molecular flexibility index (Phi) is 3.72. The van der Waals surface area contributed by atoms with Gasteiger partial charge < -0.3 is 9.30 Å². The highest BCUT2D eigenvalue weighted by Crippen LogP contribution is 2.37. The van der Waals surface area contributed by atoms with E-state index in [0.717, 1.165) is 29.8 Å². The highest BCUT2D eigenvalue weighted by Gasteiger charge is 2.28. The van der Waals surface area contributed by atoms with Crippen molar-refractivity contribution in [1.82, 2.24) is 4.57 Å². The summed E-state index contributed by atoms with van der Waals surface area (Å²) in [5.74, 6) is 0.784. The van der Waals surface area contributed by atoms with E-state index >= 15 is 0 Å². The van der Waals surface area contributed by atoms with Crippen LogP contribution in [-0.2, 0) is 0 Å². The van der Waals surface area contributed by atoms with E-state index in [1.54, 1.807) is 10.6 Å². The summed E-state index contributed by atoms with van der Waals surface area (Å²) >= 11 is 0. The molecule has 0 spiro atoms. The molecule has 0 bridgehead atoms. The van der Waals surface area contributed by atoms with Crippen molar-refractivity contribution in [3.8, 4) is 23.1 Å². The quantitative estimate of drug-likeness (QED) is 0.867. The van der Waals surface area contributed by atoms with Gasteiger partial charge >= 0.3 is 0 Å². The normalized spacial score (nSPS) is 13.9. The predicted molar refractivity (Wildman–Crippen MR) is 84.9 cm³/mol. The average Bonchev–Trinajstić information content (AvgIpc) is 3.31. The third-order valence-electron chi connectivity index (χ3n) is 3.65. The van der Waals surface area contributed by atoms with Gasteiger partial charge in [-0.05, 0) is 51.0 Å². The second-order valence-corrected chi connectivity index (χ2v) is 5.84. The van der Waals surface area contributed by atoms with Crippen molar-refractivity contribution in [2.45, 2.75) is 38.8 Å². The highest BCUT2D eigenvalue weighted by molar-refractivity contribution is 5.62. The molecule has 112 valence electrons. The summed E-state index contributed by atoms with van der Waals surface area (Å²) < 4.78 is 7.48. The minimum atomic E-state index is -0.197. The molecule has 0 N–H and O–H groups in total. The molecule has 22 heavy (non-hydrogen) atoms. The van der Waals surface area contributed by atoms with Gasteiger partial charge in [0.05, 0.1) is 11.8 Å². The Morgan fingerprint density at radius 2 is 2.05 bits per heavy atom. The van der Waals surface area contributed by atoms with Gasteiger partial charge in [-0.25, -0.2) is 0 Å². The fourth-order valence-electron chi connectivity index (χ4n) is 2.57. The first-order valence-electron chi connectivity index (χ1n) is 7.53. The van der Waals surface area contributed by atoms with E-state index in [2.05, 4.69) is 0 Å². The van der Waals surface area contributed by atoms with E-state index in [4.69, 9.17) is 10.00 Å². The summed E-state index contributed by atoms with van der Waals surface area (Å²) in [6, 6.07) is 13.4. The van der Waals surface area contributed by atoms with Crippen LogP contribution in [0.3, 0.4) is 0 Å². The average molecular weight is 294 g/mol. The molecular weight excluding hydrogens is 276 g/mol. The number of benzene rings is 1. The lowest BCUT2D eigenvalue weighted by Gasteiger charge is -2.15. The minimum Gasteiger partial charge on any atom is -0.491 e. The number of hydrogen-bond acceptors (Lipinski definition) is 3. The molecule has 0 saturated heterocycles. The van der Waals surface area contributed by atoms with Crippen LogP contribution >= 0.6 is 0 Å². The molecule has 1 fully saturated rings. The maximum atomic E-state index is 12.4. The van der Waals surface area contributed by atoms with Gasteiger partial charge in [0.15, 0.2) is 0 Å². The molecule has 1 aliphatic carbocycles. The monoisotopic (exact) mass is 294 g/mol. The number of pyridine rings is 1. The molecule has 1 heterocycles. The molecule has 4 heteroatoms. The lowest BCUT2D eigenvalue weighted by molar-refractivity contribution is 0.242. The van der Waals surface area contributed by atoms with Crippen molar-refractivity contribution in [2.24, 2.45) is 0 Å². The van der Waals surface area contributed by atoms with Crippen LogP contribution in [0.1, 0.15) is 38.3 Å². The van der Waals surface area contributed by atoms with Gasteiger partial charge in [-0.1, -0.05) is 12.1 Å². The van der Waals surface area contributed by atoms with E-state index in [0.29, 0.717) is 0 Å². The fourth-order valence-corrected chi connectivity index (χ4v) is 2.57. The summed E-state index contributed by atoms with van der Waals surface area (Å²) in [4.78, 5) is 12.4. The summed E-state index contributed by atoms with van der Waals surface area (Å²) in [6.07, 6.45) is 2.08. The molecule has 4 nitrogen and oxygen atoms in total. The van der Waals surface area contributed by atoms with E-state index in [1.807, 2.05) is 50.2 Å². The highest BCUT2D eigenvalue weighted by atomic mass is 16.5. The Balaban J connectivity index is 2.11. The molecule has 1 aromatic carbocycles. The Morgan fingerprint density at radius 1 is 1.27 bits per heavy atom. The third kappa shape index (κ3) is 2.75. The summed E-state index contributed by atoms with van der Waals surface area (Å²) in [6.45, 7) is 3.96. The largest absolute Gasteiger partial charge is 0.491 e. The van der Waals surface area contributed by atoms with Crippen molar-refractivity contribution in [1.29, 1.82) is 5.26 Å². The van der Waals surface area contributed by atoms with Crippen molar-refractivity contribution in [3.05, 3.63) is 52.3 Å². The van der Waals surface area contributed by atoms with Gasteiger partial charge in [0.25, 0.3) is 5.56 Å². The second kappa shape index (κ2) is 5.69. The molecule has 1 aliphatic rings. The maximum Gasteiger partial charge on any atom is 0.269 e. The molecule has 0 aliphatic heterocycles. The number of aromatic nitrogens is 1. The van der Waals surface area contributed by atoms with Gasteiger partial charge in [-0.3, -0.25) is 4.79 Å². The summed E-state index contributed by atoms with van der Waals surface area (Å²) in [5, 5.41) is 9.07. The zero-order valence-corrected chi connectivity index (χ0v) is 12.7. The molecule has 2 aromatic rings. The van der Waals surface area contributed by atoms with Crippen LogP contribution in [-0.4, -0.2) is 10.7 Å². The topological polar surface area (TPSA) is 55.0 Å². The number of ether oxygens (including phenoxy) is 1. The van der Waals surface area contributed by atoms with Crippen molar-refractivity contribution in [3.63, 3.8) is 0 Å². The van der Waals surface area contributed by atoms with E-state index < -0.39 is 0 Å². The lowest BCUT2D eigenvalue weighted by atomic mass is 10.1. The molecule has 0 atom stereocenters. The first-order valence-corrected chi connectivity index (χ1v) is 7.53. The molecular formula is C18H18N2O2. The first-order chi connectivity index (χ1) is 10.6. The Labute approximate surface area is 129 Å². The van der Waals surface area contributed by atoms with Crippen LogP contribution < -0.4 is 10.3 Å². The van der Waals surface area contributed by atoms with Crippen LogP contribution in [0, 0.1) is 11.3 Å². The Morgan fingerprint density at radius 3 is 2.68 bits per heavy atom. The smallest absolute Gasteiger partial charge is 0.269 e. The fraction of sp³-hybridized carbons (Fsp3) is 0.333. The van der Waals surface area contributed by atoms with E-state index in [9.17, 15) is 4.79 Å². The van der Waals surface area contributed by atoms with Gasteiger partial charge in [-0.15, -0.1) is 0 Å². The SMILES string of the molecule is CC(C)Oc1cccc(-c2ccc(C#N)c(=O)n2C2CC2)c1. The number of hydrogen-bond donors (Lipinski definition) is 0.